The number of aromatic nitrogens is 1. The standard InChI is InChI=1S/C33H44F3N3O5S/c1-21(13-14-39(6)7)11-12-23(3)16-27-19-29-38-28(20-45-29)24(4)17-26(37-32(42)33(34,35)36)18-31(41)43-25(5)15-22(2)9-8-10-30(40)44-27/h8-13,16,20,24-27H,14-15,17-19H2,1-7H3,(H,37,42)/b10-8-,12-11+,21-13+,22-9+,23-16-/t24-,25-,26+,27+/m0/s1. The van der Waals surface area contributed by atoms with Gasteiger partial charge in [-0.25, -0.2) is 9.78 Å². The zero-order valence-electron chi connectivity index (χ0n) is 26.9. The molecule has 2 heterocycles. The Morgan fingerprint density at radius 3 is 2.47 bits per heavy atom. The van der Waals surface area contributed by atoms with Crippen LogP contribution in [0.5, 0.6) is 0 Å². The molecule has 1 aromatic rings. The highest BCUT2D eigenvalue weighted by Crippen LogP contribution is 2.26. The molecule has 0 radical (unpaired) electrons. The fourth-order valence-electron chi connectivity index (χ4n) is 4.48. The predicted octanol–water partition coefficient (Wildman–Crippen LogP) is 6.38. The van der Waals surface area contributed by atoms with Gasteiger partial charge in [0.2, 0.25) is 0 Å². The lowest BCUT2D eigenvalue weighted by atomic mass is 9.97. The van der Waals surface area contributed by atoms with E-state index in [1.54, 1.807) is 38.3 Å². The number of fused-ring (bicyclic) bond motifs is 2. The number of ether oxygens (including phenoxy) is 2. The van der Waals surface area contributed by atoms with Gasteiger partial charge in [-0.05, 0) is 54.3 Å². The summed E-state index contributed by atoms with van der Waals surface area (Å²) in [6.45, 7) is 9.95. The molecule has 1 aromatic heterocycles. The zero-order chi connectivity index (χ0) is 33.7. The van der Waals surface area contributed by atoms with Crippen molar-refractivity contribution in [1.29, 1.82) is 0 Å². The molecule has 0 spiro atoms. The number of allylic oxidation sites excluding steroid dienone is 6. The number of hydrogen-bond acceptors (Lipinski definition) is 8. The first-order valence-corrected chi connectivity index (χ1v) is 15.6. The average molecular weight is 652 g/mol. The highest BCUT2D eigenvalue weighted by molar-refractivity contribution is 7.09. The second kappa shape index (κ2) is 17.8. The summed E-state index contributed by atoms with van der Waals surface area (Å²) in [7, 11) is 3.98. The monoisotopic (exact) mass is 651 g/mol. The highest BCUT2D eigenvalue weighted by Gasteiger charge is 2.40. The van der Waals surface area contributed by atoms with Crippen molar-refractivity contribution in [3.63, 3.8) is 0 Å². The molecule has 0 unspecified atom stereocenters. The lowest BCUT2D eigenvalue weighted by molar-refractivity contribution is -0.174. The molecule has 8 nitrogen and oxygen atoms in total. The Labute approximate surface area is 267 Å². The predicted molar refractivity (Wildman–Crippen MR) is 170 cm³/mol. The number of cyclic esters (lactones) is 2. The number of nitrogens with zero attached hydrogens (tertiary/aromatic N) is 2. The van der Waals surface area contributed by atoms with Crippen molar-refractivity contribution in [2.45, 2.75) is 90.6 Å². The van der Waals surface area contributed by atoms with Crippen LogP contribution >= 0.6 is 11.3 Å². The van der Waals surface area contributed by atoms with Crippen LogP contribution < -0.4 is 5.32 Å². The Bertz CT molecular complexity index is 1330. The number of carbonyl (C=O) groups excluding carboxylic acids is 3. The first-order valence-electron chi connectivity index (χ1n) is 14.8. The molecule has 2 bridgehead atoms. The van der Waals surface area contributed by atoms with E-state index in [4.69, 9.17) is 9.47 Å². The largest absolute Gasteiger partial charge is 0.471 e. The van der Waals surface area contributed by atoms with Crippen molar-refractivity contribution in [3.8, 4) is 0 Å². The van der Waals surface area contributed by atoms with Gasteiger partial charge >= 0.3 is 24.0 Å². The molecule has 0 saturated heterocycles. The summed E-state index contributed by atoms with van der Waals surface area (Å²) < 4.78 is 50.4. The van der Waals surface area contributed by atoms with E-state index in [0.29, 0.717) is 17.1 Å². The smallest absolute Gasteiger partial charge is 0.462 e. The third-order valence-corrected chi connectivity index (χ3v) is 7.64. The summed E-state index contributed by atoms with van der Waals surface area (Å²) in [5.74, 6) is -3.78. The van der Waals surface area contributed by atoms with E-state index in [1.807, 2.05) is 51.5 Å². The molecule has 1 aliphatic rings. The van der Waals surface area contributed by atoms with Crippen LogP contribution in [0.2, 0.25) is 0 Å². The van der Waals surface area contributed by atoms with Gasteiger partial charge in [0.1, 0.15) is 12.2 Å². The van der Waals surface area contributed by atoms with Crippen LogP contribution in [0.4, 0.5) is 13.2 Å². The minimum absolute atomic E-state index is 0.0280. The van der Waals surface area contributed by atoms with Gasteiger partial charge in [-0.3, -0.25) is 9.59 Å². The minimum atomic E-state index is -5.09. The van der Waals surface area contributed by atoms with Crippen LogP contribution in [-0.2, 0) is 30.3 Å². The quantitative estimate of drug-likeness (QED) is 0.282. The summed E-state index contributed by atoms with van der Waals surface area (Å²) in [6.07, 6.45) is 6.36. The Morgan fingerprint density at radius 2 is 1.80 bits per heavy atom. The van der Waals surface area contributed by atoms with E-state index < -0.39 is 54.6 Å². The summed E-state index contributed by atoms with van der Waals surface area (Å²) in [5.41, 5.74) is 3.37. The molecule has 248 valence electrons. The van der Waals surface area contributed by atoms with E-state index in [-0.39, 0.29) is 12.8 Å². The van der Waals surface area contributed by atoms with Crippen LogP contribution in [0.25, 0.3) is 0 Å². The third kappa shape index (κ3) is 14.9. The molecular weight excluding hydrogens is 607 g/mol. The van der Waals surface area contributed by atoms with Crippen molar-refractivity contribution >= 4 is 29.2 Å². The van der Waals surface area contributed by atoms with E-state index in [0.717, 1.165) is 23.3 Å². The topological polar surface area (TPSA) is 97.8 Å². The summed E-state index contributed by atoms with van der Waals surface area (Å²) in [6, 6.07) is -1.12. The number of thiazole rings is 1. The van der Waals surface area contributed by atoms with E-state index in [9.17, 15) is 27.6 Å². The molecule has 1 aliphatic heterocycles. The van der Waals surface area contributed by atoms with Crippen LogP contribution in [-0.4, -0.2) is 72.8 Å². The lowest BCUT2D eigenvalue weighted by Crippen LogP contribution is -2.44. The molecule has 45 heavy (non-hydrogen) atoms. The number of alkyl halides is 3. The lowest BCUT2D eigenvalue weighted by Gasteiger charge is -2.23. The summed E-state index contributed by atoms with van der Waals surface area (Å²) in [4.78, 5) is 43.9. The number of hydrogen-bond donors (Lipinski definition) is 1. The van der Waals surface area contributed by atoms with E-state index in [1.165, 1.54) is 17.4 Å². The Balaban J connectivity index is 2.40. The first-order chi connectivity index (χ1) is 21.0. The Kier molecular flexibility index (Phi) is 14.9. The van der Waals surface area contributed by atoms with E-state index in [2.05, 4.69) is 16.0 Å². The number of nitrogens with one attached hydrogen (secondary N) is 1. The SMILES string of the molecule is CC(=C/[C@@H]1Cc2nc(cs2)[C@@H](C)C[C@@H](NC(=O)C(F)(F)F)CC(=O)O[C@@H](C)C/C(C)=C/C=C\C(=O)O1)/C=C/C(C)=C/CN(C)C. The third-order valence-electron chi connectivity index (χ3n) is 6.75. The molecule has 1 amide bonds. The molecule has 1 N–H and O–H groups in total. The molecule has 2 rings (SSSR count). The van der Waals surface area contributed by atoms with Crippen molar-refractivity contribution in [1.82, 2.24) is 15.2 Å². The second-order valence-electron chi connectivity index (χ2n) is 11.7. The van der Waals surface area contributed by atoms with Crippen molar-refractivity contribution in [3.05, 3.63) is 75.3 Å². The van der Waals surface area contributed by atoms with Gasteiger partial charge in [0.05, 0.1) is 17.1 Å². The maximum absolute atomic E-state index is 13.1. The van der Waals surface area contributed by atoms with E-state index >= 15 is 0 Å². The maximum atomic E-state index is 13.1. The highest BCUT2D eigenvalue weighted by atomic mass is 32.1. The molecule has 0 saturated carbocycles. The normalized spacial score (nSPS) is 25.4. The second-order valence-corrected chi connectivity index (χ2v) is 12.6. The average Bonchev–Trinajstić information content (AvgIpc) is 3.37. The van der Waals surface area contributed by atoms with Gasteiger partial charge in [0, 0.05) is 42.8 Å². The van der Waals surface area contributed by atoms with Crippen LogP contribution in [0, 0.1) is 0 Å². The van der Waals surface area contributed by atoms with Crippen molar-refractivity contribution in [2.24, 2.45) is 0 Å². The number of halogens is 3. The van der Waals surface area contributed by atoms with Gasteiger partial charge < -0.3 is 19.7 Å². The molecule has 0 fully saturated rings. The number of esters is 2. The molecular formula is C33H44F3N3O5S. The summed E-state index contributed by atoms with van der Waals surface area (Å²) in [5, 5.41) is 4.39. The van der Waals surface area contributed by atoms with Crippen LogP contribution in [0.1, 0.15) is 70.5 Å². The van der Waals surface area contributed by atoms with Crippen LogP contribution in [0.15, 0.2) is 64.6 Å². The van der Waals surface area contributed by atoms with Gasteiger partial charge in [-0.15, -0.1) is 11.3 Å². The number of amides is 1. The number of rotatable bonds is 6. The molecule has 4 atom stereocenters. The first kappa shape index (κ1) is 37.7. The van der Waals surface area contributed by atoms with Gasteiger partial charge in [0.25, 0.3) is 0 Å². The molecule has 12 heteroatoms. The zero-order valence-corrected chi connectivity index (χ0v) is 27.8. The van der Waals surface area contributed by atoms with Crippen molar-refractivity contribution < 1.29 is 37.0 Å². The number of likely N-dealkylation sites (N-methyl/N-ethyl adjacent to an activating group) is 1. The fraction of sp³-hybridized carbons (Fsp3) is 0.515. The molecule has 0 aliphatic carbocycles. The fourth-order valence-corrected chi connectivity index (χ4v) is 5.44. The molecule has 0 aromatic carbocycles. The Hall–Kier alpha value is -3.51. The van der Waals surface area contributed by atoms with Gasteiger partial charge in [0.15, 0.2) is 0 Å². The Morgan fingerprint density at radius 1 is 1.11 bits per heavy atom. The maximum Gasteiger partial charge on any atom is 0.471 e. The minimum Gasteiger partial charge on any atom is -0.462 e. The van der Waals surface area contributed by atoms with Gasteiger partial charge in [-0.1, -0.05) is 54.0 Å². The van der Waals surface area contributed by atoms with Crippen molar-refractivity contribution in [2.75, 3.05) is 20.6 Å². The van der Waals surface area contributed by atoms with Gasteiger partial charge in [-0.2, -0.15) is 13.2 Å². The number of carbonyl (C=O) groups is 3. The summed E-state index contributed by atoms with van der Waals surface area (Å²) >= 11 is 1.33. The van der Waals surface area contributed by atoms with Crippen LogP contribution in [0.3, 0.4) is 0 Å².